The average molecular weight is 274 g/mol. The van der Waals surface area contributed by atoms with Gasteiger partial charge in [0, 0.05) is 31.5 Å². The molecule has 0 radical (unpaired) electrons. The number of hydrogen-bond donors (Lipinski definition) is 2. The maximum absolute atomic E-state index is 13.1. The third-order valence-corrected chi connectivity index (χ3v) is 5.20. The second-order valence-corrected chi connectivity index (χ2v) is 6.42. The number of primary amides is 1. The summed E-state index contributed by atoms with van der Waals surface area (Å²) < 4.78 is 26.2. The standard InChI is InChI=1S/C13H20F2N2O2/c14-13(15)9-5-8(6-10(9)13)7-17-3-1-12(19,2-4-17)11(16)18/h8-10,19H,1-7H2,(H2,16,18). The zero-order chi connectivity index (χ0) is 13.8. The van der Waals surface area contributed by atoms with Crippen LogP contribution in [0.2, 0.25) is 0 Å². The van der Waals surface area contributed by atoms with Gasteiger partial charge in [0.05, 0.1) is 0 Å². The Morgan fingerprint density at radius 1 is 1.26 bits per heavy atom. The van der Waals surface area contributed by atoms with E-state index in [1.807, 2.05) is 0 Å². The first-order valence-electron chi connectivity index (χ1n) is 6.95. The molecule has 0 aromatic carbocycles. The summed E-state index contributed by atoms with van der Waals surface area (Å²) in [4.78, 5) is 13.3. The van der Waals surface area contributed by atoms with E-state index < -0.39 is 17.4 Å². The van der Waals surface area contributed by atoms with E-state index in [1.54, 1.807) is 0 Å². The molecule has 1 heterocycles. The fraction of sp³-hybridized carbons (Fsp3) is 0.923. The number of hydrogen-bond acceptors (Lipinski definition) is 3. The van der Waals surface area contributed by atoms with Gasteiger partial charge in [-0.1, -0.05) is 0 Å². The number of halogens is 2. The minimum absolute atomic E-state index is 0.342. The molecule has 4 nitrogen and oxygen atoms in total. The highest BCUT2D eigenvalue weighted by Crippen LogP contribution is 2.65. The zero-order valence-corrected chi connectivity index (χ0v) is 10.8. The Kier molecular flexibility index (Phi) is 2.87. The number of fused-ring (bicyclic) bond motifs is 1. The predicted octanol–water partition coefficient (Wildman–Crippen LogP) is 0.590. The first-order chi connectivity index (χ1) is 8.83. The molecule has 108 valence electrons. The molecule has 19 heavy (non-hydrogen) atoms. The topological polar surface area (TPSA) is 66.6 Å². The van der Waals surface area contributed by atoms with Crippen LogP contribution in [0.4, 0.5) is 8.78 Å². The zero-order valence-electron chi connectivity index (χ0n) is 10.8. The van der Waals surface area contributed by atoms with Crippen molar-refractivity contribution >= 4 is 5.91 Å². The first-order valence-corrected chi connectivity index (χ1v) is 6.95. The lowest BCUT2D eigenvalue weighted by atomic mass is 9.90. The Hall–Kier alpha value is -0.750. The lowest BCUT2D eigenvalue weighted by Gasteiger charge is -2.37. The molecule has 3 fully saturated rings. The van der Waals surface area contributed by atoms with Gasteiger partial charge >= 0.3 is 0 Å². The van der Waals surface area contributed by atoms with Crippen molar-refractivity contribution in [1.82, 2.24) is 4.90 Å². The maximum atomic E-state index is 13.1. The molecule has 0 aromatic rings. The van der Waals surface area contributed by atoms with Crippen molar-refractivity contribution in [3.05, 3.63) is 0 Å². The summed E-state index contributed by atoms with van der Waals surface area (Å²) in [6.07, 6.45) is 1.93. The number of aliphatic hydroxyl groups is 1. The predicted molar refractivity (Wildman–Crippen MR) is 64.5 cm³/mol. The monoisotopic (exact) mass is 274 g/mol. The molecule has 1 saturated heterocycles. The highest BCUT2D eigenvalue weighted by Gasteiger charge is 2.71. The lowest BCUT2D eigenvalue weighted by Crippen LogP contribution is -2.52. The Balaban J connectivity index is 1.46. The number of likely N-dealkylation sites (tertiary alicyclic amines) is 1. The van der Waals surface area contributed by atoms with Gasteiger partial charge in [-0.15, -0.1) is 0 Å². The molecule has 0 bridgehead atoms. The number of carbonyl (C=O) groups excluding carboxylic acids is 1. The second kappa shape index (κ2) is 4.12. The molecule has 2 unspecified atom stereocenters. The van der Waals surface area contributed by atoms with E-state index in [1.165, 1.54) is 0 Å². The summed E-state index contributed by atoms with van der Waals surface area (Å²) in [6, 6.07) is 0. The van der Waals surface area contributed by atoms with Crippen molar-refractivity contribution in [1.29, 1.82) is 0 Å². The molecule has 2 atom stereocenters. The second-order valence-electron chi connectivity index (χ2n) is 6.42. The van der Waals surface area contributed by atoms with Crippen LogP contribution in [0, 0.1) is 17.8 Å². The van der Waals surface area contributed by atoms with Gasteiger partial charge in [-0.3, -0.25) is 4.79 Å². The largest absolute Gasteiger partial charge is 0.380 e. The van der Waals surface area contributed by atoms with Crippen LogP contribution in [-0.2, 0) is 4.79 Å². The Bertz CT molecular complexity index is 380. The highest BCUT2D eigenvalue weighted by atomic mass is 19.3. The summed E-state index contributed by atoms with van der Waals surface area (Å²) >= 11 is 0. The summed E-state index contributed by atoms with van der Waals surface area (Å²) in [5, 5.41) is 9.94. The molecule has 0 spiro atoms. The molecule has 6 heteroatoms. The Labute approximate surface area is 110 Å². The van der Waals surface area contributed by atoms with E-state index in [0.717, 1.165) is 6.54 Å². The molecule has 3 aliphatic rings. The molecule has 3 N–H and O–H groups in total. The summed E-state index contributed by atoms with van der Waals surface area (Å²) in [6.45, 7) is 2.03. The molecule has 3 rings (SSSR count). The van der Waals surface area contributed by atoms with Gasteiger partial charge in [0.2, 0.25) is 5.91 Å². The van der Waals surface area contributed by atoms with Gasteiger partial charge in [0.1, 0.15) is 5.60 Å². The first kappa shape index (κ1) is 13.2. The van der Waals surface area contributed by atoms with Crippen LogP contribution < -0.4 is 5.73 Å². The molecular formula is C13H20F2N2O2. The van der Waals surface area contributed by atoms with Crippen LogP contribution >= 0.6 is 0 Å². The number of nitrogens with two attached hydrogens (primary N) is 1. The van der Waals surface area contributed by atoms with Gasteiger partial charge in [-0.25, -0.2) is 8.78 Å². The Morgan fingerprint density at radius 2 is 1.79 bits per heavy atom. The fourth-order valence-electron chi connectivity index (χ4n) is 3.78. The SMILES string of the molecule is NC(=O)C1(O)CCN(CC2CC3C(C2)C3(F)F)CC1. The fourth-order valence-corrected chi connectivity index (χ4v) is 3.78. The average Bonchev–Trinajstić information content (AvgIpc) is 2.74. The van der Waals surface area contributed by atoms with Crippen LogP contribution in [0.3, 0.4) is 0 Å². The normalized spacial score (nSPS) is 39.8. The molecule has 1 aliphatic heterocycles. The summed E-state index contributed by atoms with van der Waals surface area (Å²) in [7, 11) is 0. The number of rotatable bonds is 3. The molecule has 0 aromatic heterocycles. The van der Waals surface area contributed by atoms with Crippen molar-refractivity contribution < 1.29 is 18.7 Å². The van der Waals surface area contributed by atoms with E-state index in [0.29, 0.717) is 44.7 Å². The van der Waals surface area contributed by atoms with Crippen LogP contribution in [0.25, 0.3) is 0 Å². The maximum Gasteiger partial charge on any atom is 0.254 e. The third-order valence-electron chi connectivity index (χ3n) is 5.20. The van der Waals surface area contributed by atoms with E-state index in [9.17, 15) is 18.7 Å². The third kappa shape index (κ3) is 2.14. The molecule has 1 amide bonds. The number of amides is 1. The van der Waals surface area contributed by atoms with Crippen molar-refractivity contribution in [2.75, 3.05) is 19.6 Å². The number of carbonyl (C=O) groups is 1. The lowest BCUT2D eigenvalue weighted by molar-refractivity contribution is -0.141. The van der Waals surface area contributed by atoms with Crippen molar-refractivity contribution in [2.24, 2.45) is 23.5 Å². The molecular weight excluding hydrogens is 254 g/mol. The molecule has 2 aliphatic carbocycles. The van der Waals surface area contributed by atoms with Gasteiger partial charge in [-0.05, 0) is 31.6 Å². The van der Waals surface area contributed by atoms with E-state index in [2.05, 4.69) is 4.90 Å². The van der Waals surface area contributed by atoms with Crippen LogP contribution in [0.1, 0.15) is 25.7 Å². The van der Waals surface area contributed by atoms with Crippen LogP contribution in [0.15, 0.2) is 0 Å². The van der Waals surface area contributed by atoms with E-state index >= 15 is 0 Å². The Morgan fingerprint density at radius 3 is 2.26 bits per heavy atom. The van der Waals surface area contributed by atoms with E-state index in [-0.39, 0.29) is 11.8 Å². The van der Waals surface area contributed by atoms with Crippen LogP contribution in [0.5, 0.6) is 0 Å². The van der Waals surface area contributed by atoms with Gasteiger partial charge in [0.15, 0.2) is 0 Å². The minimum atomic E-state index is -2.40. The molecule has 2 saturated carbocycles. The van der Waals surface area contributed by atoms with Crippen molar-refractivity contribution in [2.45, 2.75) is 37.2 Å². The van der Waals surface area contributed by atoms with Crippen LogP contribution in [-0.4, -0.2) is 47.1 Å². The minimum Gasteiger partial charge on any atom is -0.380 e. The quantitative estimate of drug-likeness (QED) is 0.791. The highest BCUT2D eigenvalue weighted by molar-refractivity contribution is 5.83. The number of alkyl halides is 2. The van der Waals surface area contributed by atoms with Crippen molar-refractivity contribution in [3.63, 3.8) is 0 Å². The number of piperidine rings is 1. The smallest absolute Gasteiger partial charge is 0.254 e. The number of nitrogens with zero attached hydrogens (tertiary/aromatic N) is 1. The summed E-state index contributed by atoms with van der Waals surface area (Å²) in [5.74, 6) is -3.48. The van der Waals surface area contributed by atoms with Crippen molar-refractivity contribution in [3.8, 4) is 0 Å². The van der Waals surface area contributed by atoms with Gasteiger partial charge < -0.3 is 15.7 Å². The van der Waals surface area contributed by atoms with E-state index in [4.69, 9.17) is 5.73 Å². The van der Waals surface area contributed by atoms with Gasteiger partial charge in [-0.2, -0.15) is 0 Å². The summed E-state index contributed by atoms with van der Waals surface area (Å²) in [5.41, 5.74) is 3.80. The van der Waals surface area contributed by atoms with Gasteiger partial charge in [0.25, 0.3) is 5.92 Å².